The Morgan fingerprint density at radius 3 is 2.47 bits per heavy atom. The van der Waals surface area contributed by atoms with Gasteiger partial charge in [0.25, 0.3) is 0 Å². The summed E-state index contributed by atoms with van der Waals surface area (Å²) in [6.45, 7) is 2.40. The van der Waals surface area contributed by atoms with Crippen molar-refractivity contribution in [2.75, 3.05) is 32.2 Å². The highest BCUT2D eigenvalue weighted by atomic mass is 32.2. The minimum Gasteiger partial charge on any atom is -0.380 e. The van der Waals surface area contributed by atoms with E-state index in [1.807, 2.05) is 6.92 Å². The molecule has 2 atom stereocenters. The zero-order valence-electron chi connectivity index (χ0n) is 11.5. The highest BCUT2D eigenvalue weighted by Crippen LogP contribution is 2.16. The van der Waals surface area contributed by atoms with E-state index in [9.17, 15) is 16.8 Å². The van der Waals surface area contributed by atoms with Gasteiger partial charge in [0, 0.05) is 26.2 Å². The van der Waals surface area contributed by atoms with Gasteiger partial charge in [0.1, 0.15) is 0 Å². The number of sulfonamides is 2. The Labute approximate surface area is 115 Å². The monoisotopic (exact) mass is 314 g/mol. The summed E-state index contributed by atoms with van der Waals surface area (Å²) in [7, 11) is -5.22. The second-order valence-corrected chi connectivity index (χ2v) is 8.57. The molecule has 0 saturated carbocycles. The molecule has 19 heavy (non-hydrogen) atoms. The van der Waals surface area contributed by atoms with E-state index in [0.29, 0.717) is 19.4 Å². The minimum atomic E-state index is -3.40. The lowest BCUT2D eigenvalue weighted by molar-refractivity contribution is 0.116. The maximum Gasteiger partial charge on any atom is 0.216 e. The first-order valence-corrected chi connectivity index (χ1v) is 9.66. The van der Waals surface area contributed by atoms with Gasteiger partial charge < -0.3 is 4.74 Å². The van der Waals surface area contributed by atoms with Crippen LogP contribution in [0.25, 0.3) is 0 Å². The SMILES string of the molecule is CCC(CS(=O)(=O)N1CC[C@H](NS(C)(=O)=O)C1)OC. The molecule has 0 spiro atoms. The van der Waals surface area contributed by atoms with Crippen molar-refractivity contribution < 1.29 is 21.6 Å². The van der Waals surface area contributed by atoms with Gasteiger partial charge >= 0.3 is 0 Å². The van der Waals surface area contributed by atoms with Gasteiger partial charge in [0.15, 0.2) is 0 Å². The molecule has 1 rings (SSSR count). The lowest BCUT2D eigenvalue weighted by atomic mass is 10.3. The van der Waals surface area contributed by atoms with E-state index in [2.05, 4.69) is 4.72 Å². The van der Waals surface area contributed by atoms with Crippen LogP contribution in [-0.2, 0) is 24.8 Å². The number of methoxy groups -OCH3 is 1. The molecule has 0 radical (unpaired) electrons. The van der Waals surface area contributed by atoms with Crippen LogP contribution in [0.4, 0.5) is 0 Å². The minimum absolute atomic E-state index is 0.0639. The molecular weight excluding hydrogens is 292 g/mol. The highest BCUT2D eigenvalue weighted by molar-refractivity contribution is 7.89. The van der Waals surface area contributed by atoms with Crippen molar-refractivity contribution in [3.63, 3.8) is 0 Å². The number of nitrogens with zero attached hydrogens (tertiary/aromatic N) is 1. The molecule has 7 nitrogen and oxygen atoms in total. The molecule has 9 heteroatoms. The topological polar surface area (TPSA) is 92.8 Å². The zero-order valence-corrected chi connectivity index (χ0v) is 13.1. The van der Waals surface area contributed by atoms with Gasteiger partial charge in [0.05, 0.1) is 18.1 Å². The summed E-state index contributed by atoms with van der Waals surface area (Å²) < 4.78 is 55.4. The molecule has 1 saturated heterocycles. The summed E-state index contributed by atoms with van der Waals surface area (Å²) >= 11 is 0. The maximum absolute atomic E-state index is 12.1. The lowest BCUT2D eigenvalue weighted by Gasteiger charge is -2.20. The van der Waals surface area contributed by atoms with E-state index in [1.54, 1.807) is 0 Å². The molecule has 1 heterocycles. The van der Waals surface area contributed by atoms with Crippen LogP contribution < -0.4 is 4.72 Å². The van der Waals surface area contributed by atoms with Gasteiger partial charge in [-0.3, -0.25) is 0 Å². The van der Waals surface area contributed by atoms with Crippen LogP contribution in [0, 0.1) is 0 Å². The Morgan fingerprint density at radius 1 is 1.37 bits per heavy atom. The third-order valence-corrected chi connectivity index (χ3v) is 5.78. The highest BCUT2D eigenvalue weighted by Gasteiger charge is 2.33. The van der Waals surface area contributed by atoms with Crippen LogP contribution in [-0.4, -0.2) is 65.5 Å². The number of nitrogens with one attached hydrogen (secondary N) is 1. The number of hydrogen-bond donors (Lipinski definition) is 1. The Kier molecular flexibility index (Phi) is 5.75. The zero-order chi connectivity index (χ0) is 14.7. The summed E-state index contributed by atoms with van der Waals surface area (Å²) in [6, 6.07) is -0.340. The first-order chi connectivity index (χ1) is 8.68. The molecule has 0 amide bonds. The summed E-state index contributed by atoms with van der Waals surface area (Å²) in [5, 5.41) is 0. The summed E-state index contributed by atoms with van der Waals surface area (Å²) in [6.07, 6.45) is 1.86. The first kappa shape index (κ1) is 16.8. The average molecular weight is 314 g/mol. The molecule has 1 aliphatic rings. The molecule has 0 aromatic heterocycles. The fourth-order valence-corrected chi connectivity index (χ4v) is 4.71. The van der Waals surface area contributed by atoms with Crippen LogP contribution in [0.5, 0.6) is 0 Å². The van der Waals surface area contributed by atoms with Gasteiger partial charge in [0.2, 0.25) is 20.0 Å². The summed E-state index contributed by atoms with van der Waals surface area (Å²) in [5.74, 6) is -0.0639. The van der Waals surface area contributed by atoms with E-state index < -0.39 is 20.0 Å². The van der Waals surface area contributed by atoms with Crippen molar-refractivity contribution in [2.45, 2.75) is 31.9 Å². The van der Waals surface area contributed by atoms with Crippen LogP contribution >= 0.6 is 0 Å². The predicted octanol–water partition coefficient (Wildman–Crippen LogP) is -0.635. The van der Waals surface area contributed by atoms with Crippen molar-refractivity contribution in [2.24, 2.45) is 0 Å². The van der Waals surface area contributed by atoms with E-state index in [4.69, 9.17) is 4.74 Å². The first-order valence-electron chi connectivity index (χ1n) is 6.16. The van der Waals surface area contributed by atoms with E-state index in [1.165, 1.54) is 11.4 Å². The third kappa shape index (κ3) is 5.35. The summed E-state index contributed by atoms with van der Waals surface area (Å²) in [4.78, 5) is 0. The predicted molar refractivity (Wildman–Crippen MR) is 72.8 cm³/mol. The van der Waals surface area contributed by atoms with Crippen molar-refractivity contribution in [1.82, 2.24) is 9.03 Å². The van der Waals surface area contributed by atoms with Gasteiger partial charge in [-0.2, -0.15) is 0 Å². The summed E-state index contributed by atoms with van der Waals surface area (Å²) in [5.41, 5.74) is 0. The van der Waals surface area contributed by atoms with Crippen LogP contribution in [0.1, 0.15) is 19.8 Å². The Balaban J connectivity index is 2.63. The quantitative estimate of drug-likeness (QED) is 0.675. The molecule has 1 N–H and O–H groups in total. The van der Waals surface area contributed by atoms with Crippen molar-refractivity contribution >= 4 is 20.0 Å². The van der Waals surface area contributed by atoms with Crippen molar-refractivity contribution in [3.05, 3.63) is 0 Å². The standard InChI is InChI=1S/C10H22N2O5S2/c1-4-10(17-2)8-19(15,16)12-6-5-9(7-12)11-18(3,13)14/h9-11H,4-8H2,1-3H3/t9-,10?/m0/s1. The molecule has 1 fully saturated rings. The number of hydrogen-bond acceptors (Lipinski definition) is 5. The number of rotatable bonds is 7. The Morgan fingerprint density at radius 2 is 2.00 bits per heavy atom. The third-order valence-electron chi connectivity index (χ3n) is 3.11. The number of ether oxygens (including phenoxy) is 1. The molecule has 0 aromatic rings. The van der Waals surface area contributed by atoms with Crippen LogP contribution in [0.3, 0.4) is 0 Å². The maximum atomic E-state index is 12.1. The fraction of sp³-hybridized carbons (Fsp3) is 1.00. The van der Waals surface area contributed by atoms with E-state index in [0.717, 1.165) is 6.26 Å². The average Bonchev–Trinajstić information content (AvgIpc) is 2.72. The largest absolute Gasteiger partial charge is 0.380 e. The molecule has 1 aliphatic heterocycles. The molecule has 0 bridgehead atoms. The smallest absolute Gasteiger partial charge is 0.216 e. The molecule has 0 aliphatic carbocycles. The Hall–Kier alpha value is -0.220. The van der Waals surface area contributed by atoms with Gasteiger partial charge in [-0.1, -0.05) is 6.92 Å². The van der Waals surface area contributed by atoms with Crippen molar-refractivity contribution in [1.29, 1.82) is 0 Å². The van der Waals surface area contributed by atoms with E-state index >= 15 is 0 Å². The normalized spacial score (nSPS) is 23.6. The Bertz CT molecular complexity index is 484. The fourth-order valence-electron chi connectivity index (χ4n) is 2.07. The van der Waals surface area contributed by atoms with Crippen LogP contribution in [0.15, 0.2) is 0 Å². The lowest BCUT2D eigenvalue weighted by Crippen LogP contribution is -2.40. The van der Waals surface area contributed by atoms with Gasteiger partial charge in [-0.15, -0.1) is 0 Å². The van der Waals surface area contributed by atoms with Gasteiger partial charge in [-0.05, 0) is 12.8 Å². The second-order valence-electron chi connectivity index (χ2n) is 4.78. The van der Waals surface area contributed by atoms with Crippen molar-refractivity contribution in [3.8, 4) is 0 Å². The second kappa shape index (κ2) is 6.49. The van der Waals surface area contributed by atoms with E-state index in [-0.39, 0.29) is 24.4 Å². The molecule has 1 unspecified atom stereocenters. The van der Waals surface area contributed by atoms with Gasteiger partial charge in [-0.25, -0.2) is 25.9 Å². The molecule has 0 aromatic carbocycles. The molecular formula is C10H22N2O5S2. The van der Waals surface area contributed by atoms with Crippen LogP contribution in [0.2, 0.25) is 0 Å². The molecule has 114 valence electrons.